The maximum atomic E-state index is 12.2. The van der Waals surface area contributed by atoms with Gasteiger partial charge in [-0.3, -0.25) is 4.79 Å². The topological polar surface area (TPSA) is 329 Å². The Hall–Kier alpha value is -0.820. The largest absolute Gasteiger partial charge is 0.394 e. The number of aliphatic hydroxyl groups is 8. The van der Waals surface area contributed by atoms with Crippen LogP contribution in [-0.4, -0.2) is 164 Å². The molecule has 0 aromatic rings. The highest BCUT2D eigenvalue weighted by Gasteiger charge is 2.59. The monoisotopic (exact) mass is 618 g/mol. The molecule has 0 spiro atoms. The van der Waals surface area contributed by atoms with Gasteiger partial charge in [-0.25, -0.2) is 0 Å². The molecule has 0 radical (unpaired) electrons. The van der Waals surface area contributed by atoms with E-state index < -0.39 is 123 Å². The first-order valence-electron chi connectivity index (χ1n) is 13.0. The zero-order chi connectivity index (χ0) is 30.8. The number of carbonyl (C=O) groups is 1. The van der Waals surface area contributed by atoms with E-state index in [0.717, 1.165) is 0 Å². The standard InChI is InChI=1S/C22H42N4O14S/c23-9-12(30)15(7(3-27)36-19(9)35)38-20-10(24)13(31)16(8(4-28)37-20)39-21-11(25)14(32)17(33)22(5-29,40-21)6(1-2-41)18(26)34/h6-17,19-21,27-33,35,41H,1-5,23-25H2,(H2,26,34)/t6?,7-,8-,9-,10-,11-,12-,13-,14-,15?,16?,17+,19-,20+,21+,22+/m1/s1. The van der Waals surface area contributed by atoms with Crippen LogP contribution in [0.4, 0.5) is 0 Å². The third-order valence-electron chi connectivity index (χ3n) is 7.87. The number of carbonyl (C=O) groups excluding carboxylic acids is 1. The Bertz CT molecular complexity index is 865. The summed E-state index contributed by atoms with van der Waals surface area (Å²) < 4.78 is 28.1. The minimum Gasteiger partial charge on any atom is -0.394 e. The van der Waals surface area contributed by atoms with E-state index in [9.17, 15) is 45.6 Å². The van der Waals surface area contributed by atoms with Crippen molar-refractivity contribution in [2.24, 2.45) is 28.9 Å². The van der Waals surface area contributed by atoms with Crippen molar-refractivity contribution in [1.29, 1.82) is 0 Å². The fraction of sp³-hybridized carbons (Fsp3) is 0.955. The molecule has 3 saturated heterocycles. The van der Waals surface area contributed by atoms with Gasteiger partial charge in [0.1, 0.15) is 54.4 Å². The van der Waals surface area contributed by atoms with Crippen LogP contribution in [0.2, 0.25) is 0 Å². The van der Waals surface area contributed by atoms with E-state index in [0.29, 0.717) is 0 Å². The quantitative estimate of drug-likeness (QED) is 0.0956. The second-order valence-electron chi connectivity index (χ2n) is 10.4. The smallest absolute Gasteiger partial charge is 0.223 e. The van der Waals surface area contributed by atoms with E-state index >= 15 is 0 Å². The second kappa shape index (κ2) is 14.3. The highest BCUT2D eigenvalue weighted by Crippen LogP contribution is 2.39. The molecule has 19 heteroatoms. The molecule has 1 amide bonds. The Morgan fingerprint density at radius 3 is 1.85 bits per heavy atom. The number of rotatable bonds is 11. The number of amides is 1. The Labute approximate surface area is 240 Å². The molecule has 0 aromatic heterocycles. The van der Waals surface area contributed by atoms with Crippen molar-refractivity contribution in [3.05, 3.63) is 0 Å². The Morgan fingerprint density at radius 1 is 0.829 bits per heavy atom. The zero-order valence-electron chi connectivity index (χ0n) is 22.0. The number of hydrogen-bond donors (Lipinski definition) is 13. The summed E-state index contributed by atoms with van der Waals surface area (Å²) in [6.45, 7) is -2.47. The lowest BCUT2D eigenvalue weighted by Gasteiger charge is -2.52. The number of ether oxygens (including phenoxy) is 5. The third kappa shape index (κ3) is 6.66. The van der Waals surface area contributed by atoms with Crippen molar-refractivity contribution in [1.82, 2.24) is 0 Å². The fourth-order valence-corrected chi connectivity index (χ4v) is 5.65. The predicted octanol–water partition coefficient (Wildman–Crippen LogP) is -7.88. The normalized spacial score (nSPS) is 48.1. The molecule has 3 unspecified atom stereocenters. The fourth-order valence-electron chi connectivity index (χ4n) is 5.39. The summed E-state index contributed by atoms with van der Waals surface area (Å²) in [6, 6.07) is -4.24. The van der Waals surface area contributed by atoms with Crippen LogP contribution in [0.25, 0.3) is 0 Å². The van der Waals surface area contributed by atoms with E-state index in [4.69, 9.17) is 46.6 Å². The van der Waals surface area contributed by atoms with Gasteiger partial charge in [0.15, 0.2) is 18.9 Å². The van der Waals surface area contributed by atoms with Crippen LogP contribution in [0.3, 0.4) is 0 Å². The molecular weight excluding hydrogens is 576 g/mol. The lowest BCUT2D eigenvalue weighted by atomic mass is 9.75. The molecule has 41 heavy (non-hydrogen) atoms. The molecule has 240 valence electrons. The van der Waals surface area contributed by atoms with Crippen molar-refractivity contribution >= 4 is 18.5 Å². The summed E-state index contributed by atoms with van der Waals surface area (Å²) in [4.78, 5) is 12.2. The number of thiol groups is 1. The van der Waals surface area contributed by atoms with Crippen LogP contribution in [0, 0.1) is 5.92 Å². The van der Waals surface area contributed by atoms with Crippen molar-refractivity contribution in [2.75, 3.05) is 25.6 Å². The van der Waals surface area contributed by atoms with Gasteiger partial charge in [0.25, 0.3) is 0 Å². The number of nitrogens with two attached hydrogens (primary N) is 4. The van der Waals surface area contributed by atoms with Crippen molar-refractivity contribution in [3.8, 4) is 0 Å². The molecule has 16 atom stereocenters. The molecule has 3 aliphatic rings. The summed E-state index contributed by atoms with van der Waals surface area (Å²) in [7, 11) is 0. The van der Waals surface area contributed by atoms with Gasteiger partial charge in [0, 0.05) is 0 Å². The van der Waals surface area contributed by atoms with Crippen molar-refractivity contribution in [3.63, 3.8) is 0 Å². The molecule has 0 aliphatic carbocycles. The highest BCUT2D eigenvalue weighted by molar-refractivity contribution is 7.80. The average Bonchev–Trinajstić information content (AvgIpc) is 2.95. The zero-order valence-corrected chi connectivity index (χ0v) is 22.9. The molecule has 16 N–H and O–H groups in total. The molecule has 3 aliphatic heterocycles. The van der Waals surface area contributed by atoms with Gasteiger partial charge in [0.2, 0.25) is 5.91 Å². The molecule has 3 fully saturated rings. The van der Waals surface area contributed by atoms with Crippen LogP contribution in [0.5, 0.6) is 0 Å². The first-order chi connectivity index (χ1) is 19.3. The Morgan fingerprint density at radius 2 is 1.34 bits per heavy atom. The molecule has 0 bridgehead atoms. The van der Waals surface area contributed by atoms with E-state index in [2.05, 4.69) is 12.6 Å². The minimum atomic E-state index is -2.17. The summed E-state index contributed by atoms with van der Waals surface area (Å²) in [5, 5.41) is 82.7. The van der Waals surface area contributed by atoms with E-state index in [1.807, 2.05) is 0 Å². The van der Waals surface area contributed by atoms with Crippen LogP contribution >= 0.6 is 12.6 Å². The SMILES string of the molecule is NC(=O)C(CCS)[C@]1(CO)O[C@H](OC2[C@@H](CO)O[C@@H](OC3[C@@H](CO)O[C@@H](O)[C@H](N)[C@H]3O)[C@H](N)[C@H]2O)[C@H](N)[C@@H](O)[C@@H]1O. The molecule has 0 saturated carbocycles. The van der Waals surface area contributed by atoms with Gasteiger partial charge in [-0.2, -0.15) is 12.6 Å². The molecule has 18 nitrogen and oxygen atoms in total. The van der Waals surface area contributed by atoms with E-state index in [1.165, 1.54) is 0 Å². The Balaban J connectivity index is 1.83. The van der Waals surface area contributed by atoms with Crippen LogP contribution in [0.1, 0.15) is 6.42 Å². The first-order valence-corrected chi connectivity index (χ1v) is 13.6. The van der Waals surface area contributed by atoms with Crippen LogP contribution < -0.4 is 22.9 Å². The highest BCUT2D eigenvalue weighted by atomic mass is 32.1. The molecule has 3 heterocycles. The summed E-state index contributed by atoms with van der Waals surface area (Å²) in [5.41, 5.74) is 21.2. The first kappa shape index (κ1) is 34.7. The minimum absolute atomic E-state index is 0.0602. The number of hydrogen-bond acceptors (Lipinski definition) is 18. The van der Waals surface area contributed by atoms with Gasteiger partial charge >= 0.3 is 0 Å². The van der Waals surface area contributed by atoms with E-state index in [1.54, 1.807) is 0 Å². The van der Waals surface area contributed by atoms with Gasteiger partial charge in [-0.05, 0) is 12.2 Å². The lowest BCUT2D eigenvalue weighted by Crippen LogP contribution is -2.73. The molecule has 0 aromatic carbocycles. The maximum Gasteiger partial charge on any atom is 0.223 e. The average molecular weight is 619 g/mol. The van der Waals surface area contributed by atoms with Crippen LogP contribution in [0.15, 0.2) is 0 Å². The maximum absolute atomic E-state index is 12.2. The van der Waals surface area contributed by atoms with Gasteiger partial charge < -0.3 is 87.5 Å². The molecule has 3 rings (SSSR count). The Kier molecular flexibility index (Phi) is 12.1. The van der Waals surface area contributed by atoms with Crippen molar-refractivity contribution in [2.45, 2.75) is 97.8 Å². The number of primary amides is 1. The third-order valence-corrected chi connectivity index (χ3v) is 8.13. The summed E-state index contributed by atoms with van der Waals surface area (Å²) >= 11 is 4.07. The van der Waals surface area contributed by atoms with Crippen LogP contribution in [-0.2, 0) is 28.5 Å². The summed E-state index contributed by atoms with van der Waals surface area (Å²) in [6.07, 6.45) is -17.3. The number of aliphatic hydroxyl groups excluding tert-OH is 8. The lowest BCUT2D eigenvalue weighted by molar-refractivity contribution is -0.364. The molecular formula is C22H42N4O14S. The van der Waals surface area contributed by atoms with Gasteiger partial charge in [-0.15, -0.1) is 0 Å². The summed E-state index contributed by atoms with van der Waals surface area (Å²) in [5.74, 6) is -2.21. The second-order valence-corrected chi connectivity index (χ2v) is 10.8. The predicted molar refractivity (Wildman–Crippen MR) is 137 cm³/mol. The van der Waals surface area contributed by atoms with E-state index in [-0.39, 0.29) is 12.2 Å². The van der Waals surface area contributed by atoms with Crippen molar-refractivity contribution < 1.29 is 69.3 Å². The van der Waals surface area contributed by atoms with Gasteiger partial charge in [-0.1, -0.05) is 0 Å². The van der Waals surface area contributed by atoms with Gasteiger partial charge in [0.05, 0.1) is 43.9 Å².